The number of carbonyl (C=O) groups excluding carboxylic acids is 2. The molecule has 0 amide bonds. The lowest BCUT2D eigenvalue weighted by Gasteiger charge is -2.32. The summed E-state index contributed by atoms with van der Waals surface area (Å²) in [6.07, 6.45) is 1.75. The maximum Gasteiger partial charge on any atom is 0.497 e. The highest BCUT2D eigenvalue weighted by molar-refractivity contribution is 14.1. The van der Waals surface area contributed by atoms with Gasteiger partial charge in [-0.1, -0.05) is 23.2 Å². The number of nitrogens with zero attached hydrogens (tertiary/aromatic N) is 2. The van der Waals surface area contributed by atoms with E-state index in [4.69, 9.17) is 42.0 Å². The predicted octanol–water partition coefficient (Wildman–Crippen LogP) is 9.34. The molecule has 0 atom stereocenters. The number of rotatable bonds is 1. The number of carbonyl (C=O) groups is 2. The van der Waals surface area contributed by atoms with Crippen molar-refractivity contribution < 1.29 is 37.2 Å². The maximum absolute atomic E-state index is 14.7. The van der Waals surface area contributed by atoms with E-state index in [0.29, 0.717) is 21.3 Å². The normalized spacial score (nSPS) is 16.0. The third-order valence-corrected chi connectivity index (χ3v) is 8.60. The Morgan fingerprint density at radius 1 is 0.761 bits per heavy atom. The van der Waals surface area contributed by atoms with Crippen molar-refractivity contribution in [2.24, 2.45) is 0 Å². The summed E-state index contributed by atoms with van der Waals surface area (Å²) in [7, 11) is -0.765. The second kappa shape index (κ2) is 12.6. The van der Waals surface area contributed by atoms with Gasteiger partial charge in [-0.15, -0.1) is 0 Å². The van der Waals surface area contributed by atoms with Crippen LogP contribution in [0, 0.1) is 15.2 Å². The highest BCUT2D eigenvalue weighted by Crippen LogP contribution is 2.38. The first-order chi connectivity index (χ1) is 20.9. The standard InChI is InChI=1S/C19H24BClFNO4.C13H12ClFINO2/c1-17(2,3)25-16(24)23-10-13(12-8-11(21)9-14(22)15(12)23)20-26-18(4,5)19(6,7)27-20;1-13(2,3)19-12(18)17-6-10(16)8-4-7(14)5-9(15)11(8)17/h8-10H,1-7H3;4-6H,1-3H3. The van der Waals surface area contributed by atoms with Gasteiger partial charge in [-0.3, -0.25) is 0 Å². The summed E-state index contributed by atoms with van der Waals surface area (Å²) in [5, 5.41) is 1.56. The maximum atomic E-state index is 14.7. The smallest absolute Gasteiger partial charge is 0.443 e. The van der Waals surface area contributed by atoms with E-state index in [9.17, 15) is 18.4 Å². The average molecular weight is 791 g/mol. The quantitative estimate of drug-likeness (QED) is 0.141. The van der Waals surface area contributed by atoms with Gasteiger partial charge in [-0.05, 0) is 116 Å². The molecule has 0 aliphatic carbocycles. The molecule has 8 nitrogen and oxygen atoms in total. The van der Waals surface area contributed by atoms with Crippen LogP contribution in [0.15, 0.2) is 36.7 Å². The molecule has 5 rings (SSSR count). The number of halogens is 5. The molecular formula is C32H36BCl2F2IN2O6. The average Bonchev–Trinajstić information content (AvgIpc) is 3.47. The van der Waals surface area contributed by atoms with Crippen molar-refractivity contribution in [1.82, 2.24) is 9.13 Å². The molecule has 46 heavy (non-hydrogen) atoms. The zero-order valence-corrected chi connectivity index (χ0v) is 30.9. The fourth-order valence-corrected chi connectivity index (χ4v) is 5.71. The number of hydrogen-bond acceptors (Lipinski definition) is 6. The number of hydrogen-bond donors (Lipinski definition) is 0. The Balaban J connectivity index is 0.000000222. The van der Waals surface area contributed by atoms with E-state index in [0.717, 1.165) is 8.14 Å². The molecule has 1 fully saturated rings. The lowest BCUT2D eigenvalue weighted by atomic mass is 9.79. The van der Waals surface area contributed by atoms with Gasteiger partial charge < -0.3 is 18.8 Å². The second-order valence-electron chi connectivity index (χ2n) is 13.9. The van der Waals surface area contributed by atoms with Crippen LogP contribution in [-0.4, -0.2) is 50.8 Å². The van der Waals surface area contributed by atoms with Crippen molar-refractivity contribution in [3.63, 3.8) is 0 Å². The number of ether oxygens (including phenoxy) is 2. The van der Waals surface area contributed by atoms with Crippen LogP contribution in [0.2, 0.25) is 10.0 Å². The van der Waals surface area contributed by atoms with E-state index in [2.05, 4.69) is 0 Å². The minimum atomic E-state index is -0.765. The molecule has 1 saturated heterocycles. The van der Waals surface area contributed by atoms with E-state index < -0.39 is 53.3 Å². The fourth-order valence-electron chi connectivity index (χ4n) is 4.61. The Morgan fingerprint density at radius 2 is 1.15 bits per heavy atom. The Hall–Kier alpha value is -2.39. The van der Waals surface area contributed by atoms with Gasteiger partial charge >= 0.3 is 19.3 Å². The van der Waals surface area contributed by atoms with Crippen LogP contribution in [0.5, 0.6) is 0 Å². The monoisotopic (exact) mass is 790 g/mol. The molecule has 1 aliphatic heterocycles. The highest BCUT2D eigenvalue weighted by atomic mass is 127. The number of benzene rings is 2. The lowest BCUT2D eigenvalue weighted by molar-refractivity contribution is 0.00578. The van der Waals surface area contributed by atoms with Gasteiger partial charge in [0.25, 0.3) is 0 Å². The molecule has 0 radical (unpaired) electrons. The minimum absolute atomic E-state index is 0.0818. The Bertz CT molecular complexity index is 1830. The molecule has 0 N–H and O–H groups in total. The molecule has 4 aromatic rings. The SMILES string of the molecule is CC(C)(C)OC(=O)n1cc(B2OC(C)(C)C(C)(C)O2)c2cc(Cl)cc(F)c21.CC(C)(C)OC(=O)n1cc(I)c2cc(Cl)cc(F)c21. The highest BCUT2D eigenvalue weighted by Gasteiger charge is 2.52. The van der Waals surface area contributed by atoms with Crippen molar-refractivity contribution in [3.05, 3.63) is 61.9 Å². The van der Waals surface area contributed by atoms with Gasteiger partial charge in [0.2, 0.25) is 0 Å². The summed E-state index contributed by atoms with van der Waals surface area (Å²) in [5.74, 6) is -1.16. The summed E-state index contributed by atoms with van der Waals surface area (Å²) in [5.41, 5.74) is -1.72. The van der Waals surface area contributed by atoms with E-state index in [1.54, 1.807) is 59.9 Å². The zero-order chi connectivity index (χ0) is 34.7. The van der Waals surface area contributed by atoms with Crippen molar-refractivity contribution >= 4 is 92.4 Å². The van der Waals surface area contributed by atoms with E-state index in [1.165, 1.54) is 22.9 Å². The van der Waals surface area contributed by atoms with Gasteiger partial charge in [0, 0.05) is 42.2 Å². The summed E-state index contributed by atoms with van der Waals surface area (Å²) in [4.78, 5) is 24.7. The van der Waals surface area contributed by atoms with Gasteiger partial charge in [0.1, 0.15) is 22.8 Å². The summed E-state index contributed by atoms with van der Waals surface area (Å²) in [6, 6.07) is 5.57. The van der Waals surface area contributed by atoms with Gasteiger partial charge in [0.15, 0.2) is 0 Å². The van der Waals surface area contributed by atoms with Crippen molar-refractivity contribution in [2.75, 3.05) is 0 Å². The third kappa shape index (κ3) is 7.67. The lowest BCUT2D eigenvalue weighted by Crippen LogP contribution is -2.41. The van der Waals surface area contributed by atoms with Crippen LogP contribution < -0.4 is 5.46 Å². The summed E-state index contributed by atoms with van der Waals surface area (Å²) < 4.78 is 54.6. The van der Waals surface area contributed by atoms with Crippen LogP contribution >= 0.6 is 45.8 Å². The summed E-state index contributed by atoms with van der Waals surface area (Å²) >= 11 is 13.9. The molecule has 0 bridgehead atoms. The molecule has 3 heterocycles. The molecule has 248 valence electrons. The van der Waals surface area contributed by atoms with Crippen LogP contribution in [0.25, 0.3) is 21.8 Å². The summed E-state index contributed by atoms with van der Waals surface area (Å²) in [6.45, 7) is 18.2. The molecule has 2 aromatic heterocycles. The van der Waals surface area contributed by atoms with Gasteiger partial charge in [0.05, 0.1) is 22.2 Å². The molecule has 2 aromatic carbocycles. The Morgan fingerprint density at radius 3 is 1.59 bits per heavy atom. The van der Waals surface area contributed by atoms with Crippen molar-refractivity contribution in [3.8, 4) is 0 Å². The fraction of sp³-hybridized carbons (Fsp3) is 0.438. The van der Waals surface area contributed by atoms with Crippen LogP contribution in [-0.2, 0) is 18.8 Å². The van der Waals surface area contributed by atoms with Gasteiger partial charge in [-0.25, -0.2) is 27.5 Å². The van der Waals surface area contributed by atoms with E-state index in [-0.39, 0.29) is 16.1 Å². The molecular weight excluding hydrogens is 755 g/mol. The van der Waals surface area contributed by atoms with Crippen LogP contribution in [0.4, 0.5) is 18.4 Å². The van der Waals surface area contributed by atoms with E-state index >= 15 is 0 Å². The van der Waals surface area contributed by atoms with Gasteiger partial charge in [-0.2, -0.15) is 0 Å². The van der Waals surface area contributed by atoms with Crippen LogP contribution in [0.1, 0.15) is 69.2 Å². The molecule has 14 heteroatoms. The Kier molecular flexibility index (Phi) is 9.96. The van der Waals surface area contributed by atoms with Crippen molar-refractivity contribution in [1.29, 1.82) is 0 Å². The molecule has 0 spiro atoms. The topological polar surface area (TPSA) is 80.9 Å². The number of fused-ring (bicyclic) bond motifs is 2. The number of aromatic nitrogens is 2. The molecule has 0 unspecified atom stereocenters. The van der Waals surface area contributed by atoms with Crippen LogP contribution in [0.3, 0.4) is 0 Å². The predicted molar refractivity (Wildman–Crippen MR) is 186 cm³/mol. The first-order valence-electron chi connectivity index (χ1n) is 14.4. The minimum Gasteiger partial charge on any atom is -0.443 e. The first kappa shape index (κ1) is 36.5. The van der Waals surface area contributed by atoms with Crippen molar-refractivity contribution in [2.45, 2.75) is 91.6 Å². The zero-order valence-electron chi connectivity index (χ0n) is 27.3. The third-order valence-electron chi connectivity index (χ3n) is 7.30. The molecule has 0 saturated carbocycles. The first-order valence-corrected chi connectivity index (χ1v) is 16.2. The Labute approximate surface area is 290 Å². The molecule has 1 aliphatic rings. The largest absolute Gasteiger partial charge is 0.497 e. The second-order valence-corrected chi connectivity index (χ2v) is 16.0. The van der Waals surface area contributed by atoms with E-state index in [1.807, 2.05) is 50.3 Å².